The Bertz CT molecular complexity index is 452. The molecule has 1 N–H and O–H groups in total. The van der Waals surface area contributed by atoms with Crippen molar-refractivity contribution in [3.8, 4) is 5.75 Å². The van der Waals surface area contributed by atoms with E-state index in [1.165, 1.54) is 11.3 Å². The first kappa shape index (κ1) is 9.31. The third-order valence-electron chi connectivity index (χ3n) is 1.89. The SMILES string of the molecule is Oc1ccc(CCl)c2c(Br)csc12. The Hall–Kier alpha value is -0.250. The molecule has 0 saturated carbocycles. The van der Waals surface area contributed by atoms with Crippen LogP contribution in [0.1, 0.15) is 5.56 Å². The van der Waals surface area contributed by atoms with Crippen molar-refractivity contribution >= 4 is 49.0 Å². The summed E-state index contributed by atoms with van der Waals surface area (Å²) >= 11 is 10.7. The summed E-state index contributed by atoms with van der Waals surface area (Å²) in [6.07, 6.45) is 0. The lowest BCUT2D eigenvalue weighted by atomic mass is 10.1. The molecule has 0 aliphatic heterocycles. The van der Waals surface area contributed by atoms with Crippen molar-refractivity contribution in [1.29, 1.82) is 0 Å². The molecule has 0 spiro atoms. The molecule has 0 aliphatic carbocycles. The number of fused-ring (bicyclic) bond motifs is 1. The van der Waals surface area contributed by atoms with Gasteiger partial charge in [-0.05, 0) is 27.6 Å². The highest BCUT2D eigenvalue weighted by Gasteiger charge is 2.09. The number of alkyl halides is 1. The minimum atomic E-state index is 0.319. The standard InChI is InChI=1S/C9H6BrClOS/c10-6-4-13-9-7(12)2-1-5(3-11)8(6)9/h1-2,4,12H,3H2. The smallest absolute Gasteiger partial charge is 0.133 e. The Labute approximate surface area is 93.1 Å². The quantitative estimate of drug-likeness (QED) is 0.778. The van der Waals surface area contributed by atoms with Crippen molar-refractivity contribution < 1.29 is 5.11 Å². The normalized spacial score (nSPS) is 10.9. The van der Waals surface area contributed by atoms with Gasteiger partial charge in [0.1, 0.15) is 5.75 Å². The van der Waals surface area contributed by atoms with Gasteiger partial charge in [0.2, 0.25) is 0 Å². The predicted molar refractivity (Wildman–Crippen MR) is 60.7 cm³/mol. The van der Waals surface area contributed by atoms with Crippen LogP contribution < -0.4 is 0 Å². The molecule has 13 heavy (non-hydrogen) atoms. The highest BCUT2D eigenvalue weighted by molar-refractivity contribution is 9.10. The van der Waals surface area contributed by atoms with Crippen molar-refractivity contribution in [2.45, 2.75) is 5.88 Å². The van der Waals surface area contributed by atoms with E-state index in [0.29, 0.717) is 11.6 Å². The number of phenolic OH excluding ortho intramolecular Hbond substituents is 1. The van der Waals surface area contributed by atoms with Crippen LogP contribution in [0.4, 0.5) is 0 Å². The Kier molecular flexibility index (Phi) is 2.49. The summed E-state index contributed by atoms with van der Waals surface area (Å²) in [6.45, 7) is 0. The molecular weight excluding hydrogens is 272 g/mol. The van der Waals surface area contributed by atoms with Crippen LogP contribution in [0.3, 0.4) is 0 Å². The maximum Gasteiger partial charge on any atom is 0.133 e. The summed E-state index contributed by atoms with van der Waals surface area (Å²) in [5.74, 6) is 0.783. The molecule has 1 heterocycles. The molecule has 0 bridgehead atoms. The zero-order valence-corrected chi connectivity index (χ0v) is 9.71. The second-order valence-corrected chi connectivity index (χ2v) is 4.67. The fourth-order valence-electron chi connectivity index (χ4n) is 1.27. The molecule has 1 nitrogen and oxygen atoms in total. The molecule has 68 valence electrons. The molecule has 0 fully saturated rings. The summed E-state index contributed by atoms with van der Waals surface area (Å²) in [7, 11) is 0. The number of benzene rings is 1. The lowest BCUT2D eigenvalue weighted by Crippen LogP contribution is -1.78. The van der Waals surface area contributed by atoms with Gasteiger partial charge in [-0.15, -0.1) is 22.9 Å². The van der Waals surface area contributed by atoms with Crippen LogP contribution in [0.2, 0.25) is 0 Å². The van der Waals surface area contributed by atoms with Gasteiger partial charge in [-0.1, -0.05) is 6.07 Å². The van der Waals surface area contributed by atoms with Crippen molar-refractivity contribution in [2.24, 2.45) is 0 Å². The van der Waals surface area contributed by atoms with E-state index in [4.69, 9.17) is 11.6 Å². The number of thiophene rings is 1. The number of hydrogen-bond acceptors (Lipinski definition) is 2. The van der Waals surface area contributed by atoms with Gasteiger partial charge in [0.15, 0.2) is 0 Å². The molecule has 1 aromatic heterocycles. The van der Waals surface area contributed by atoms with Gasteiger partial charge in [-0.25, -0.2) is 0 Å². The van der Waals surface area contributed by atoms with E-state index in [2.05, 4.69) is 15.9 Å². The first-order valence-corrected chi connectivity index (χ1v) is 5.88. The summed E-state index contributed by atoms with van der Waals surface area (Å²) in [6, 6.07) is 3.53. The zero-order chi connectivity index (χ0) is 9.42. The number of hydrogen-bond donors (Lipinski definition) is 1. The van der Waals surface area contributed by atoms with E-state index in [9.17, 15) is 5.11 Å². The lowest BCUT2D eigenvalue weighted by molar-refractivity contribution is 0.482. The van der Waals surface area contributed by atoms with Crippen LogP contribution >= 0.6 is 38.9 Å². The molecule has 4 heteroatoms. The fourth-order valence-corrected chi connectivity index (χ4v) is 3.25. The van der Waals surface area contributed by atoms with Gasteiger partial charge in [-0.2, -0.15) is 0 Å². The molecule has 0 radical (unpaired) electrons. The molecule has 2 rings (SSSR count). The zero-order valence-electron chi connectivity index (χ0n) is 6.55. The minimum absolute atomic E-state index is 0.319. The van der Waals surface area contributed by atoms with E-state index >= 15 is 0 Å². The molecule has 0 atom stereocenters. The van der Waals surface area contributed by atoms with Crippen LogP contribution in [-0.4, -0.2) is 5.11 Å². The number of halogens is 2. The molecule has 0 amide bonds. The molecule has 1 aromatic carbocycles. The van der Waals surface area contributed by atoms with Crippen molar-refractivity contribution in [2.75, 3.05) is 0 Å². The second-order valence-electron chi connectivity index (χ2n) is 2.67. The maximum atomic E-state index is 9.55. The van der Waals surface area contributed by atoms with E-state index in [1.807, 2.05) is 11.4 Å². The number of phenols is 1. The summed E-state index contributed by atoms with van der Waals surface area (Å²) in [4.78, 5) is 0. The van der Waals surface area contributed by atoms with Crippen molar-refractivity contribution in [3.63, 3.8) is 0 Å². The third-order valence-corrected chi connectivity index (χ3v) is 4.11. The first-order valence-electron chi connectivity index (χ1n) is 3.67. The molecule has 2 aromatic rings. The maximum absolute atomic E-state index is 9.55. The molecular formula is C9H6BrClOS. The summed E-state index contributed by atoms with van der Waals surface area (Å²) in [5.41, 5.74) is 1.04. The van der Waals surface area contributed by atoms with Gasteiger partial charge in [0.25, 0.3) is 0 Å². The third kappa shape index (κ3) is 1.45. The Balaban J connectivity index is 2.88. The molecule has 0 aliphatic rings. The van der Waals surface area contributed by atoms with Crippen LogP contribution in [-0.2, 0) is 5.88 Å². The monoisotopic (exact) mass is 276 g/mol. The number of rotatable bonds is 1. The highest BCUT2D eigenvalue weighted by Crippen LogP contribution is 2.38. The van der Waals surface area contributed by atoms with Gasteiger partial charge >= 0.3 is 0 Å². The van der Waals surface area contributed by atoms with Gasteiger partial charge in [0, 0.05) is 21.1 Å². The van der Waals surface area contributed by atoms with Crippen LogP contribution in [0, 0.1) is 0 Å². The predicted octanol–water partition coefficient (Wildman–Crippen LogP) is 4.11. The summed E-state index contributed by atoms with van der Waals surface area (Å²) < 4.78 is 1.89. The van der Waals surface area contributed by atoms with Gasteiger partial charge < -0.3 is 5.11 Å². The highest BCUT2D eigenvalue weighted by atomic mass is 79.9. The Morgan fingerprint density at radius 1 is 1.46 bits per heavy atom. The summed E-state index contributed by atoms with van der Waals surface area (Å²) in [5, 5.41) is 12.5. The van der Waals surface area contributed by atoms with E-state index in [-0.39, 0.29) is 0 Å². The van der Waals surface area contributed by atoms with Gasteiger partial charge in [0.05, 0.1) is 4.70 Å². The second kappa shape index (κ2) is 3.48. The van der Waals surface area contributed by atoms with E-state index in [1.54, 1.807) is 6.07 Å². The Morgan fingerprint density at radius 3 is 2.92 bits per heavy atom. The minimum Gasteiger partial charge on any atom is -0.506 e. The lowest BCUT2D eigenvalue weighted by Gasteiger charge is -2.00. The Morgan fingerprint density at radius 2 is 2.23 bits per heavy atom. The average Bonchev–Trinajstić information content (AvgIpc) is 2.51. The largest absolute Gasteiger partial charge is 0.506 e. The number of aromatic hydroxyl groups is 1. The molecule has 0 saturated heterocycles. The topological polar surface area (TPSA) is 20.2 Å². The average molecular weight is 278 g/mol. The van der Waals surface area contributed by atoms with E-state index in [0.717, 1.165) is 20.1 Å². The molecule has 0 unspecified atom stereocenters. The van der Waals surface area contributed by atoms with Crippen LogP contribution in [0.5, 0.6) is 5.75 Å². The van der Waals surface area contributed by atoms with Crippen molar-refractivity contribution in [1.82, 2.24) is 0 Å². The van der Waals surface area contributed by atoms with Crippen LogP contribution in [0.25, 0.3) is 10.1 Å². The van der Waals surface area contributed by atoms with E-state index < -0.39 is 0 Å². The fraction of sp³-hybridized carbons (Fsp3) is 0.111. The van der Waals surface area contributed by atoms with Crippen LogP contribution in [0.15, 0.2) is 22.0 Å². The van der Waals surface area contributed by atoms with Crippen molar-refractivity contribution in [3.05, 3.63) is 27.5 Å². The van der Waals surface area contributed by atoms with Gasteiger partial charge in [-0.3, -0.25) is 0 Å². The first-order chi connectivity index (χ1) is 6.24.